The van der Waals surface area contributed by atoms with E-state index in [1.807, 2.05) is 17.7 Å². The molecule has 2 N–H and O–H groups in total. The topological polar surface area (TPSA) is 56.7 Å². The van der Waals surface area contributed by atoms with Gasteiger partial charge in [0.2, 0.25) is 0 Å². The lowest BCUT2D eigenvalue weighted by atomic mass is 10.2. The summed E-state index contributed by atoms with van der Waals surface area (Å²) in [5.74, 6) is 1.66. The molecule has 0 radical (unpaired) electrons. The number of aryl methyl sites for hydroxylation is 2. The number of hydrogen-bond acceptors (Lipinski definition) is 3. The van der Waals surface area contributed by atoms with Crippen molar-refractivity contribution in [3.05, 3.63) is 39.9 Å². The first-order valence-electron chi connectivity index (χ1n) is 5.51. The molecule has 2 aromatic rings. The van der Waals surface area contributed by atoms with Crippen LogP contribution in [0.15, 0.2) is 22.7 Å². The molecule has 1 aromatic heterocycles. The fourth-order valence-corrected chi connectivity index (χ4v) is 2.39. The van der Waals surface area contributed by atoms with Crippen molar-refractivity contribution in [3.63, 3.8) is 0 Å². The molecule has 5 heteroatoms. The van der Waals surface area contributed by atoms with Gasteiger partial charge in [0, 0.05) is 10.9 Å². The monoisotopic (exact) mass is 294 g/mol. The van der Waals surface area contributed by atoms with E-state index >= 15 is 0 Å². The average molecular weight is 295 g/mol. The fraction of sp³-hybridized carbons (Fsp3) is 0.333. The first-order chi connectivity index (χ1) is 8.11. The van der Waals surface area contributed by atoms with E-state index in [-0.39, 0.29) is 0 Å². The Labute approximate surface area is 109 Å². The third-order valence-electron chi connectivity index (χ3n) is 2.48. The van der Waals surface area contributed by atoms with Crippen LogP contribution in [-0.4, -0.2) is 21.3 Å². The number of benzene rings is 1. The lowest BCUT2D eigenvalue weighted by molar-refractivity contribution is 0.771. The zero-order valence-corrected chi connectivity index (χ0v) is 11.5. The number of nitrogens with two attached hydrogens (primary N) is 1. The molecule has 0 saturated carbocycles. The van der Waals surface area contributed by atoms with Crippen molar-refractivity contribution in [2.75, 3.05) is 6.54 Å². The molecule has 1 aromatic carbocycles. The Balaban J connectivity index is 2.51. The van der Waals surface area contributed by atoms with Gasteiger partial charge in [0.1, 0.15) is 11.6 Å². The van der Waals surface area contributed by atoms with Gasteiger partial charge in [-0.3, -0.25) is 0 Å². The summed E-state index contributed by atoms with van der Waals surface area (Å²) in [7, 11) is 0. The summed E-state index contributed by atoms with van der Waals surface area (Å²) in [4.78, 5) is 4.39. The summed E-state index contributed by atoms with van der Waals surface area (Å²) in [5, 5.41) is 4.41. The van der Waals surface area contributed by atoms with Crippen LogP contribution < -0.4 is 5.73 Å². The van der Waals surface area contributed by atoms with Crippen LogP contribution in [-0.2, 0) is 6.42 Å². The minimum absolute atomic E-state index is 0.571. The maximum Gasteiger partial charge on any atom is 0.148 e. The van der Waals surface area contributed by atoms with Gasteiger partial charge in [-0.2, -0.15) is 5.10 Å². The molecule has 0 saturated heterocycles. The molecule has 0 spiro atoms. The molecule has 2 rings (SSSR count). The molecule has 1 heterocycles. The van der Waals surface area contributed by atoms with Gasteiger partial charge in [-0.25, -0.2) is 9.67 Å². The first-order valence-corrected chi connectivity index (χ1v) is 6.30. The Hall–Kier alpha value is -1.20. The molecular formula is C12H15BrN4. The van der Waals surface area contributed by atoms with Gasteiger partial charge in [0.25, 0.3) is 0 Å². The second-order valence-corrected chi connectivity index (χ2v) is 4.83. The molecular weight excluding hydrogens is 280 g/mol. The van der Waals surface area contributed by atoms with Crippen molar-refractivity contribution in [2.24, 2.45) is 5.73 Å². The standard InChI is InChI=1S/C12H15BrN4/c1-8-3-4-11(10(13)7-8)17-12(5-6-14)15-9(2)16-17/h3-4,7H,5-6,14H2,1-2H3. The summed E-state index contributed by atoms with van der Waals surface area (Å²) in [6.07, 6.45) is 0.723. The van der Waals surface area contributed by atoms with Gasteiger partial charge in [0.15, 0.2) is 0 Å². The van der Waals surface area contributed by atoms with Gasteiger partial charge in [-0.15, -0.1) is 0 Å². The molecule has 0 fully saturated rings. The summed E-state index contributed by atoms with van der Waals surface area (Å²) >= 11 is 3.56. The average Bonchev–Trinajstić information content (AvgIpc) is 2.60. The van der Waals surface area contributed by atoms with E-state index < -0.39 is 0 Å². The lowest BCUT2D eigenvalue weighted by Gasteiger charge is -2.08. The van der Waals surface area contributed by atoms with Crippen LogP contribution in [0.3, 0.4) is 0 Å². The second kappa shape index (κ2) is 4.98. The molecule has 0 aliphatic rings. The summed E-state index contributed by atoms with van der Waals surface area (Å²) in [6.45, 7) is 4.52. The maximum absolute atomic E-state index is 5.59. The number of hydrogen-bond donors (Lipinski definition) is 1. The van der Waals surface area contributed by atoms with E-state index in [4.69, 9.17) is 5.73 Å². The number of rotatable bonds is 3. The summed E-state index contributed by atoms with van der Waals surface area (Å²) < 4.78 is 2.87. The van der Waals surface area contributed by atoms with Crippen LogP contribution in [0.2, 0.25) is 0 Å². The Morgan fingerprint density at radius 3 is 2.76 bits per heavy atom. The Morgan fingerprint density at radius 1 is 1.35 bits per heavy atom. The predicted octanol–water partition coefficient (Wildman–Crippen LogP) is 2.15. The minimum atomic E-state index is 0.571. The maximum atomic E-state index is 5.59. The van der Waals surface area contributed by atoms with Crippen molar-refractivity contribution in [1.29, 1.82) is 0 Å². The van der Waals surface area contributed by atoms with Crippen LogP contribution in [0, 0.1) is 13.8 Å². The van der Waals surface area contributed by atoms with Crippen molar-refractivity contribution < 1.29 is 0 Å². The molecule has 0 unspecified atom stereocenters. The Bertz CT molecular complexity index is 533. The van der Waals surface area contributed by atoms with E-state index in [0.717, 1.165) is 28.2 Å². The Kier molecular flexibility index (Phi) is 3.59. The zero-order valence-electron chi connectivity index (χ0n) is 9.94. The van der Waals surface area contributed by atoms with Crippen LogP contribution in [0.5, 0.6) is 0 Å². The van der Waals surface area contributed by atoms with Gasteiger partial charge >= 0.3 is 0 Å². The van der Waals surface area contributed by atoms with Crippen molar-refractivity contribution in [3.8, 4) is 5.69 Å². The van der Waals surface area contributed by atoms with E-state index in [1.165, 1.54) is 5.56 Å². The molecule has 90 valence electrons. The highest BCUT2D eigenvalue weighted by Gasteiger charge is 2.11. The minimum Gasteiger partial charge on any atom is -0.330 e. The van der Waals surface area contributed by atoms with E-state index in [9.17, 15) is 0 Å². The van der Waals surface area contributed by atoms with Crippen molar-refractivity contribution in [2.45, 2.75) is 20.3 Å². The van der Waals surface area contributed by atoms with Crippen LogP contribution in [0.25, 0.3) is 5.69 Å². The normalized spacial score (nSPS) is 10.8. The van der Waals surface area contributed by atoms with Crippen molar-refractivity contribution in [1.82, 2.24) is 14.8 Å². The van der Waals surface area contributed by atoms with Gasteiger partial charge in [0.05, 0.1) is 5.69 Å². The number of nitrogens with zero attached hydrogens (tertiary/aromatic N) is 3. The summed E-state index contributed by atoms with van der Waals surface area (Å²) in [6, 6.07) is 6.16. The molecule has 0 aliphatic carbocycles. The number of aromatic nitrogens is 3. The van der Waals surface area contributed by atoms with Crippen LogP contribution >= 0.6 is 15.9 Å². The second-order valence-electron chi connectivity index (χ2n) is 3.98. The van der Waals surface area contributed by atoms with Gasteiger partial charge in [-0.05, 0) is 54.0 Å². The van der Waals surface area contributed by atoms with E-state index in [1.54, 1.807) is 0 Å². The molecule has 0 atom stereocenters. The molecule has 0 bridgehead atoms. The van der Waals surface area contributed by atoms with Crippen molar-refractivity contribution >= 4 is 15.9 Å². The highest BCUT2D eigenvalue weighted by Crippen LogP contribution is 2.22. The Morgan fingerprint density at radius 2 is 2.12 bits per heavy atom. The first kappa shape index (κ1) is 12.3. The van der Waals surface area contributed by atoms with Crippen LogP contribution in [0.4, 0.5) is 0 Å². The number of halogens is 1. The lowest BCUT2D eigenvalue weighted by Crippen LogP contribution is -2.10. The van der Waals surface area contributed by atoms with Gasteiger partial charge < -0.3 is 5.73 Å². The molecule has 0 amide bonds. The highest BCUT2D eigenvalue weighted by atomic mass is 79.9. The van der Waals surface area contributed by atoms with Crippen LogP contribution in [0.1, 0.15) is 17.2 Å². The molecule has 4 nitrogen and oxygen atoms in total. The van der Waals surface area contributed by atoms with E-state index in [0.29, 0.717) is 6.54 Å². The largest absolute Gasteiger partial charge is 0.330 e. The molecule has 17 heavy (non-hydrogen) atoms. The van der Waals surface area contributed by atoms with E-state index in [2.05, 4.69) is 45.1 Å². The van der Waals surface area contributed by atoms with Gasteiger partial charge in [-0.1, -0.05) is 6.07 Å². The fourth-order valence-electron chi connectivity index (χ4n) is 1.73. The molecule has 0 aliphatic heterocycles. The third kappa shape index (κ3) is 2.56. The zero-order chi connectivity index (χ0) is 12.4. The SMILES string of the molecule is Cc1ccc(-n2nc(C)nc2CCN)c(Br)c1. The summed E-state index contributed by atoms with van der Waals surface area (Å²) in [5.41, 5.74) is 7.79. The highest BCUT2D eigenvalue weighted by molar-refractivity contribution is 9.10. The predicted molar refractivity (Wildman–Crippen MR) is 71.3 cm³/mol. The smallest absolute Gasteiger partial charge is 0.148 e. The quantitative estimate of drug-likeness (QED) is 0.944. The third-order valence-corrected chi connectivity index (χ3v) is 3.11.